The number of rotatable bonds is 5. The first-order chi connectivity index (χ1) is 10.00. The lowest BCUT2D eigenvalue weighted by Crippen LogP contribution is -2.23. The van der Waals surface area contributed by atoms with Crippen molar-refractivity contribution in [2.75, 3.05) is 24.1 Å². The lowest BCUT2D eigenvalue weighted by Gasteiger charge is -2.13. The van der Waals surface area contributed by atoms with E-state index in [1.807, 2.05) is 0 Å². The highest BCUT2D eigenvalue weighted by molar-refractivity contribution is 7.92. The summed E-state index contributed by atoms with van der Waals surface area (Å²) in [6.07, 6.45) is 2.64. The van der Waals surface area contributed by atoms with Crippen molar-refractivity contribution in [2.24, 2.45) is 5.92 Å². The molecule has 0 spiro atoms. The third-order valence-corrected chi connectivity index (χ3v) is 6.42. The maximum atomic E-state index is 12.2. The number of hydrogen-bond donors (Lipinski definition) is 2. The first-order valence-corrected chi connectivity index (χ1v) is 9.41. The van der Waals surface area contributed by atoms with Gasteiger partial charge in [0, 0.05) is 11.4 Å². The Morgan fingerprint density at radius 3 is 2.90 bits per heavy atom. The maximum absolute atomic E-state index is 12.2. The minimum Gasteiger partial charge on any atom is -0.465 e. The zero-order valence-corrected chi connectivity index (χ0v) is 13.4. The Bertz CT molecular complexity index is 662. The minimum atomic E-state index is -3.40. The van der Waals surface area contributed by atoms with Crippen LogP contribution >= 0.6 is 11.3 Å². The van der Waals surface area contributed by atoms with E-state index in [9.17, 15) is 13.2 Å². The molecule has 0 unspecified atom stereocenters. The van der Waals surface area contributed by atoms with Gasteiger partial charge >= 0.3 is 5.97 Å². The number of fused-ring (bicyclic) bond motifs is 1. The van der Waals surface area contributed by atoms with Crippen LogP contribution in [0.1, 0.15) is 33.6 Å². The number of carbonyl (C=O) groups is 1. The summed E-state index contributed by atoms with van der Waals surface area (Å²) < 4.78 is 31.7. The molecule has 1 aromatic rings. The standard InChI is InChI=1S/C13H18N2O4S2/c1-19-13(16)11-9-4-5-14-6-10(9)20-12(11)15-21(17,18)7-8-2-3-8/h8,14-15H,2-7H2,1H3. The molecule has 0 amide bonds. The van der Waals surface area contributed by atoms with Crippen LogP contribution in [-0.2, 0) is 27.7 Å². The molecule has 2 N–H and O–H groups in total. The van der Waals surface area contributed by atoms with Crippen molar-refractivity contribution in [1.29, 1.82) is 0 Å². The van der Waals surface area contributed by atoms with Crippen LogP contribution < -0.4 is 10.0 Å². The molecule has 1 fully saturated rings. The van der Waals surface area contributed by atoms with Crippen molar-refractivity contribution in [3.63, 3.8) is 0 Å². The predicted molar refractivity (Wildman–Crippen MR) is 81.2 cm³/mol. The molecule has 2 aliphatic rings. The Morgan fingerprint density at radius 1 is 1.48 bits per heavy atom. The summed E-state index contributed by atoms with van der Waals surface area (Å²) in [6, 6.07) is 0. The molecule has 0 aromatic carbocycles. The Hall–Kier alpha value is -1.12. The molecule has 3 rings (SSSR count). The van der Waals surface area contributed by atoms with Gasteiger partial charge in [-0.05, 0) is 37.3 Å². The van der Waals surface area contributed by atoms with E-state index in [-0.39, 0.29) is 11.7 Å². The third kappa shape index (κ3) is 3.22. The quantitative estimate of drug-likeness (QED) is 0.796. The Labute approximate surface area is 127 Å². The lowest BCUT2D eigenvalue weighted by atomic mass is 10.0. The van der Waals surface area contributed by atoms with Crippen molar-refractivity contribution >= 4 is 32.3 Å². The van der Waals surface area contributed by atoms with Gasteiger partial charge in [-0.15, -0.1) is 11.3 Å². The highest BCUT2D eigenvalue weighted by atomic mass is 32.2. The van der Waals surface area contributed by atoms with E-state index >= 15 is 0 Å². The van der Waals surface area contributed by atoms with Crippen LogP contribution in [0.4, 0.5) is 5.00 Å². The van der Waals surface area contributed by atoms with Crippen molar-refractivity contribution in [3.05, 3.63) is 16.0 Å². The second kappa shape index (κ2) is 5.58. The summed E-state index contributed by atoms with van der Waals surface area (Å²) >= 11 is 1.33. The number of thiophene rings is 1. The van der Waals surface area contributed by atoms with Crippen LogP contribution in [0.3, 0.4) is 0 Å². The van der Waals surface area contributed by atoms with E-state index in [1.54, 1.807) is 0 Å². The van der Waals surface area contributed by atoms with E-state index < -0.39 is 16.0 Å². The smallest absolute Gasteiger partial charge is 0.341 e. The summed E-state index contributed by atoms with van der Waals surface area (Å²) in [5.74, 6) is -0.0760. The SMILES string of the molecule is COC(=O)c1c(NS(=O)(=O)CC2CC2)sc2c1CCNC2. The third-order valence-electron chi connectivity index (χ3n) is 3.72. The number of esters is 1. The molecule has 1 aromatic heterocycles. The van der Waals surface area contributed by atoms with Crippen molar-refractivity contribution in [3.8, 4) is 0 Å². The summed E-state index contributed by atoms with van der Waals surface area (Å²) in [6.45, 7) is 1.44. The summed E-state index contributed by atoms with van der Waals surface area (Å²) in [5, 5.41) is 3.62. The fraction of sp³-hybridized carbons (Fsp3) is 0.615. The van der Waals surface area contributed by atoms with Gasteiger partial charge in [0.2, 0.25) is 10.0 Å². The monoisotopic (exact) mass is 330 g/mol. The van der Waals surface area contributed by atoms with E-state index in [0.717, 1.165) is 29.8 Å². The Kier molecular flexibility index (Phi) is 3.94. The molecule has 0 atom stereocenters. The second-order valence-electron chi connectivity index (χ2n) is 5.45. The van der Waals surface area contributed by atoms with E-state index in [1.165, 1.54) is 18.4 Å². The van der Waals surface area contributed by atoms with Gasteiger partial charge in [-0.25, -0.2) is 13.2 Å². The predicted octanol–water partition coefficient (Wildman–Crippen LogP) is 1.33. The second-order valence-corrected chi connectivity index (χ2v) is 8.33. The van der Waals surface area contributed by atoms with E-state index in [4.69, 9.17) is 4.74 Å². The van der Waals surface area contributed by atoms with Crippen molar-refractivity contribution in [2.45, 2.75) is 25.8 Å². The van der Waals surface area contributed by atoms with Crippen LogP contribution in [0.5, 0.6) is 0 Å². The van der Waals surface area contributed by atoms with Crippen LogP contribution in [0.15, 0.2) is 0 Å². The summed E-state index contributed by atoms with van der Waals surface area (Å²) in [4.78, 5) is 13.0. The van der Waals surface area contributed by atoms with Crippen molar-refractivity contribution in [1.82, 2.24) is 5.32 Å². The molecule has 8 heteroatoms. The first kappa shape index (κ1) is 14.8. The van der Waals surface area contributed by atoms with E-state index in [2.05, 4.69) is 10.0 Å². The summed E-state index contributed by atoms with van der Waals surface area (Å²) in [5.41, 5.74) is 1.30. The Balaban J connectivity index is 1.93. The zero-order chi connectivity index (χ0) is 15.0. The van der Waals surface area contributed by atoms with Gasteiger partial charge in [0.15, 0.2) is 0 Å². The number of hydrogen-bond acceptors (Lipinski definition) is 6. The van der Waals surface area contributed by atoms with Gasteiger partial charge in [-0.3, -0.25) is 4.72 Å². The van der Waals surface area contributed by atoms with Gasteiger partial charge in [0.25, 0.3) is 0 Å². The molecule has 1 saturated carbocycles. The largest absolute Gasteiger partial charge is 0.465 e. The number of methoxy groups -OCH3 is 1. The molecule has 0 radical (unpaired) electrons. The van der Waals surface area contributed by atoms with Crippen LogP contribution in [0, 0.1) is 5.92 Å². The summed E-state index contributed by atoms with van der Waals surface area (Å²) in [7, 11) is -2.09. The van der Waals surface area contributed by atoms with Crippen LogP contribution in [0.2, 0.25) is 0 Å². The van der Waals surface area contributed by atoms with Gasteiger partial charge in [0.05, 0.1) is 18.4 Å². The van der Waals surface area contributed by atoms with Crippen LogP contribution in [-0.4, -0.2) is 33.8 Å². The normalized spacial score (nSPS) is 18.1. The Morgan fingerprint density at radius 2 is 2.24 bits per heavy atom. The molecule has 1 aliphatic carbocycles. The molecule has 116 valence electrons. The molecular formula is C13H18N2O4S2. The number of ether oxygens (including phenoxy) is 1. The number of nitrogens with one attached hydrogen (secondary N) is 2. The fourth-order valence-electron chi connectivity index (χ4n) is 2.50. The van der Waals surface area contributed by atoms with Gasteiger partial charge in [0.1, 0.15) is 5.00 Å². The average Bonchev–Trinajstić information content (AvgIpc) is 3.16. The topological polar surface area (TPSA) is 84.5 Å². The minimum absolute atomic E-state index is 0.133. The molecular weight excluding hydrogens is 312 g/mol. The molecule has 2 heterocycles. The average molecular weight is 330 g/mol. The number of carbonyl (C=O) groups excluding carboxylic acids is 1. The maximum Gasteiger partial charge on any atom is 0.341 e. The molecule has 0 bridgehead atoms. The van der Waals surface area contributed by atoms with Crippen LogP contribution in [0.25, 0.3) is 0 Å². The highest BCUT2D eigenvalue weighted by Gasteiger charge is 2.31. The number of anilines is 1. The van der Waals surface area contributed by atoms with Gasteiger partial charge < -0.3 is 10.1 Å². The molecule has 1 aliphatic heterocycles. The fourth-order valence-corrected chi connectivity index (χ4v) is 5.53. The van der Waals surface area contributed by atoms with E-state index in [0.29, 0.717) is 23.5 Å². The van der Waals surface area contributed by atoms with Crippen molar-refractivity contribution < 1.29 is 17.9 Å². The first-order valence-electron chi connectivity index (χ1n) is 6.94. The molecule has 21 heavy (non-hydrogen) atoms. The molecule has 0 saturated heterocycles. The number of sulfonamides is 1. The van der Waals surface area contributed by atoms with Gasteiger partial charge in [-0.1, -0.05) is 0 Å². The lowest BCUT2D eigenvalue weighted by molar-refractivity contribution is 0.0601. The zero-order valence-electron chi connectivity index (χ0n) is 11.8. The van der Waals surface area contributed by atoms with Gasteiger partial charge in [-0.2, -0.15) is 0 Å². The highest BCUT2D eigenvalue weighted by Crippen LogP contribution is 2.37. The molecule has 6 nitrogen and oxygen atoms in total.